The minimum Gasteiger partial charge on any atom is -0.495 e. The van der Waals surface area contributed by atoms with E-state index in [2.05, 4.69) is 10.3 Å². The van der Waals surface area contributed by atoms with E-state index >= 15 is 0 Å². The highest BCUT2D eigenvalue weighted by Crippen LogP contribution is 2.22. The van der Waals surface area contributed by atoms with Gasteiger partial charge in [0.1, 0.15) is 11.4 Å². The Morgan fingerprint density at radius 2 is 2.00 bits per heavy atom. The van der Waals surface area contributed by atoms with Crippen molar-refractivity contribution in [2.45, 2.75) is 0 Å². The molecule has 1 heterocycles. The fourth-order valence-corrected chi connectivity index (χ4v) is 1.60. The van der Waals surface area contributed by atoms with E-state index in [1.54, 1.807) is 42.6 Å². The summed E-state index contributed by atoms with van der Waals surface area (Å²) < 4.78 is 9.97. The number of hydrogen-bond donors (Lipinski definition) is 2. The number of H-pyrrole nitrogens is 1. The Balaban J connectivity index is 1.88. The van der Waals surface area contributed by atoms with E-state index in [0.717, 1.165) is 0 Å². The van der Waals surface area contributed by atoms with E-state index in [1.165, 1.54) is 7.11 Å². The molecule has 0 unspecified atom stereocenters. The molecule has 2 N–H and O–H groups in total. The summed E-state index contributed by atoms with van der Waals surface area (Å²) in [5.41, 5.74) is 0.825. The number of esters is 1. The number of aromatic amines is 1. The lowest BCUT2D eigenvalue weighted by molar-refractivity contribution is -0.119. The SMILES string of the molecule is COc1ccccc1NC(=O)COC(=O)c1ccc[nH]1. The Labute approximate surface area is 115 Å². The summed E-state index contributed by atoms with van der Waals surface area (Å²) >= 11 is 0. The first-order valence-corrected chi connectivity index (χ1v) is 5.94. The highest BCUT2D eigenvalue weighted by atomic mass is 16.5. The van der Waals surface area contributed by atoms with Gasteiger partial charge < -0.3 is 19.8 Å². The first-order valence-electron chi connectivity index (χ1n) is 5.94. The maximum Gasteiger partial charge on any atom is 0.355 e. The van der Waals surface area contributed by atoms with Crippen LogP contribution < -0.4 is 10.1 Å². The van der Waals surface area contributed by atoms with E-state index < -0.39 is 11.9 Å². The van der Waals surface area contributed by atoms with Gasteiger partial charge in [0.15, 0.2) is 6.61 Å². The van der Waals surface area contributed by atoms with Gasteiger partial charge in [-0.1, -0.05) is 12.1 Å². The number of carbonyl (C=O) groups excluding carboxylic acids is 2. The number of carbonyl (C=O) groups is 2. The molecule has 0 saturated carbocycles. The molecule has 0 aliphatic heterocycles. The van der Waals surface area contributed by atoms with Crippen molar-refractivity contribution in [2.24, 2.45) is 0 Å². The van der Waals surface area contributed by atoms with Gasteiger partial charge in [-0.05, 0) is 24.3 Å². The van der Waals surface area contributed by atoms with Crippen LogP contribution in [-0.4, -0.2) is 30.6 Å². The molecule has 0 atom stereocenters. The average molecular weight is 274 g/mol. The lowest BCUT2D eigenvalue weighted by Gasteiger charge is -2.09. The van der Waals surface area contributed by atoms with Crippen molar-refractivity contribution in [2.75, 3.05) is 19.0 Å². The topological polar surface area (TPSA) is 80.4 Å². The first-order chi connectivity index (χ1) is 9.70. The third kappa shape index (κ3) is 3.38. The number of nitrogens with one attached hydrogen (secondary N) is 2. The summed E-state index contributed by atoms with van der Waals surface area (Å²) in [4.78, 5) is 25.9. The molecule has 6 heteroatoms. The molecular formula is C14H14N2O4. The van der Waals surface area contributed by atoms with Crippen molar-refractivity contribution in [3.05, 3.63) is 48.3 Å². The van der Waals surface area contributed by atoms with Gasteiger partial charge >= 0.3 is 5.97 Å². The summed E-state index contributed by atoms with van der Waals surface area (Å²) in [5.74, 6) is -0.476. The van der Waals surface area contributed by atoms with Crippen molar-refractivity contribution >= 4 is 17.6 Å². The standard InChI is InChI=1S/C14H14N2O4/c1-19-12-7-3-2-5-10(12)16-13(17)9-20-14(18)11-6-4-8-15-11/h2-8,15H,9H2,1H3,(H,16,17). The first kappa shape index (κ1) is 13.7. The smallest absolute Gasteiger partial charge is 0.355 e. The lowest BCUT2D eigenvalue weighted by atomic mass is 10.3. The second-order valence-corrected chi connectivity index (χ2v) is 3.91. The van der Waals surface area contributed by atoms with E-state index in [9.17, 15) is 9.59 Å². The minimum atomic E-state index is -0.579. The quantitative estimate of drug-likeness (QED) is 0.815. The lowest BCUT2D eigenvalue weighted by Crippen LogP contribution is -2.21. The normalized spacial score (nSPS) is 9.85. The van der Waals surface area contributed by atoms with E-state index in [-0.39, 0.29) is 6.61 Å². The number of benzene rings is 1. The fraction of sp³-hybridized carbons (Fsp3) is 0.143. The molecule has 2 aromatic rings. The van der Waals surface area contributed by atoms with Gasteiger partial charge in [-0.25, -0.2) is 4.79 Å². The molecule has 0 bridgehead atoms. The average Bonchev–Trinajstić information content (AvgIpc) is 2.99. The number of ether oxygens (including phenoxy) is 2. The molecule has 0 radical (unpaired) electrons. The molecule has 0 saturated heterocycles. The Morgan fingerprint density at radius 3 is 2.70 bits per heavy atom. The number of hydrogen-bond acceptors (Lipinski definition) is 4. The zero-order valence-corrected chi connectivity index (χ0v) is 10.9. The van der Waals surface area contributed by atoms with E-state index in [1.807, 2.05) is 0 Å². The van der Waals surface area contributed by atoms with Gasteiger partial charge in [0.25, 0.3) is 5.91 Å². The number of rotatable bonds is 5. The third-order valence-corrected chi connectivity index (χ3v) is 2.53. The number of aromatic nitrogens is 1. The van der Waals surface area contributed by atoms with Gasteiger partial charge in [0.2, 0.25) is 0 Å². The molecule has 6 nitrogen and oxygen atoms in total. The summed E-state index contributed by atoms with van der Waals surface area (Å²) in [5, 5.41) is 2.61. The van der Waals surface area contributed by atoms with Gasteiger partial charge in [0, 0.05) is 6.20 Å². The second-order valence-electron chi connectivity index (χ2n) is 3.91. The predicted molar refractivity (Wildman–Crippen MR) is 72.7 cm³/mol. The minimum absolute atomic E-state index is 0.301. The second kappa shape index (κ2) is 6.42. The fourth-order valence-electron chi connectivity index (χ4n) is 1.60. The van der Waals surface area contributed by atoms with Gasteiger partial charge in [-0.2, -0.15) is 0 Å². The van der Waals surface area contributed by atoms with Gasteiger partial charge in [-0.3, -0.25) is 4.79 Å². The molecule has 104 valence electrons. The summed E-state index contributed by atoms with van der Waals surface area (Å²) in [7, 11) is 1.51. The van der Waals surface area contributed by atoms with Crippen LogP contribution in [0.2, 0.25) is 0 Å². The zero-order valence-electron chi connectivity index (χ0n) is 10.9. The van der Waals surface area contributed by atoms with Crippen molar-refractivity contribution < 1.29 is 19.1 Å². The number of anilines is 1. The van der Waals surface area contributed by atoms with Crippen LogP contribution in [0.5, 0.6) is 5.75 Å². The van der Waals surface area contributed by atoms with Crippen LogP contribution in [0.25, 0.3) is 0 Å². The van der Waals surface area contributed by atoms with Crippen LogP contribution >= 0.6 is 0 Å². The predicted octanol–water partition coefficient (Wildman–Crippen LogP) is 1.82. The molecule has 0 aliphatic rings. The van der Waals surface area contributed by atoms with Crippen LogP contribution in [0.15, 0.2) is 42.6 Å². The third-order valence-electron chi connectivity index (χ3n) is 2.53. The van der Waals surface area contributed by atoms with Crippen LogP contribution in [0, 0.1) is 0 Å². The van der Waals surface area contributed by atoms with Crippen molar-refractivity contribution in [3.63, 3.8) is 0 Å². The molecule has 2 rings (SSSR count). The van der Waals surface area contributed by atoms with Gasteiger partial charge in [0.05, 0.1) is 12.8 Å². The maximum atomic E-state index is 11.7. The highest BCUT2D eigenvalue weighted by Gasteiger charge is 2.12. The number of methoxy groups -OCH3 is 1. The van der Waals surface area contributed by atoms with Crippen LogP contribution in [0.1, 0.15) is 10.5 Å². The number of amides is 1. The Hall–Kier alpha value is -2.76. The monoisotopic (exact) mass is 274 g/mol. The zero-order chi connectivity index (χ0) is 14.4. The van der Waals surface area contributed by atoms with E-state index in [4.69, 9.17) is 9.47 Å². The number of para-hydroxylation sites is 2. The molecule has 0 fully saturated rings. The van der Waals surface area contributed by atoms with E-state index in [0.29, 0.717) is 17.1 Å². The summed E-state index contributed by atoms with van der Waals surface area (Å²) in [6.45, 7) is -0.365. The molecule has 1 aromatic carbocycles. The van der Waals surface area contributed by atoms with Crippen LogP contribution in [0.4, 0.5) is 5.69 Å². The van der Waals surface area contributed by atoms with Crippen molar-refractivity contribution in [1.82, 2.24) is 4.98 Å². The Morgan fingerprint density at radius 1 is 1.20 bits per heavy atom. The van der Waals surface area contributed by atoms with Crippen molar-refractivity contribution in [3.8, 4) is 5.75 Å². The maximum absolute atomic E-state index is 11.7. The molecule has 0 spiro atoms. The molecule has 1 amide bonds. The Kier molecular flexibility index (Phi) is 4.39. The Bertz CT molecular complexity index is 593. The molecule has 1 aromatic heterocycles. The van der Waals surface area contributed by atoms with Crippen LogP contribution in [-0.2, 0) is 9.53 Å². The largest absolute Gasteiger partial charge is 0.495 e. The van der Waals surface area contributed by atoms with Gasteiger partial charge in [-0.15, -0.1) is 0 Å². The van der Waals surface area contributed by atoms with Crippen molar-refractivity contribution in [1.29, 1.82) is 0 Å². The summed E-state index contributed by atoms with van der Waals surface area (Å²) in [6.07, 6.45) is 1.60. The molecular weight excluding hydrogens is 260 g/mol. The summed E-state index contributed by atoms with van der Waals surface area (Å²) in [6, 6.07) is 10.2. The molecule has 20 heavy (non-hydrogen) atoms. The van der Waals surface area contributed by atoms with Crippen LogP contribution in [0.3, 0.4) is 0 Å². The molecule has 0 aliphatic carbocycles. The highest BCUT2D eigenvalue weighted by molar-refractivity contribution is 5.95.